The topological polar surface area (TPSA) is 20.2 Å². The second kappa shape index (κ2) is 5.12. The van der Waals surface area contributed by atoms with Crippen LogP contribution in [-0.4, -0.2) is 5.11 Å². The monoisotopic (exact) mass is 316 g/mol. The molecular formula is C13H8BrF3O. The summed E-state index contributed by atoms with van der Waals surface area (Å²) >= 11 is 3.23. The maximum absolute atomic E-state index is 13.0. The lowest BCUT2D eigenvalue weighted by molar-refractivity contribution is 0.218. The van der Waals surface area contributed by atoms with Gasteiger partial charge in [0.2, 0.25) is 0 Å². The molecule has 1 atom stereocenters. The third-order valence-corrected chi connectivity index (χ3v) is 3.04. The second-order valence-electron chi connectivity index (χ2n) is 3.75. The molecule has 0 aliphatic rings. The fraction of sp³-hybridized carbons (Fsp3) is 0.0769. The summed E-state index contributed by atoms with van der Waals surface area (Å²) in [5.41, 5.74) is 0.428. The zero-order chi connectivity index (χ0) is 13.3. The van der Waals surface area contributed by atoms with Crippen LogP contribution in [0.25, 0.3) is 0 Å². The molecule has 1 nitrogen and oxygen atoms in total. The molecule has 18 heavy (non-hydrogen) atoms. The number of rotatable bonds is 2. The molecule has 0 saturated carbocycles. The van der Waals surface area contributed by atoms with Gasteiger partial charge in [-0.3, -0.25) is 0 Å². The number of hydrogen-bond acceptors (Lipinski definition) is 1. The molecule has 2 aromatic carbocycles. The van der Waals surface area contributed by atoms with Gasteiger partial charge < -0.3 is 5.11 Å². The van der Waals surface area contributed by atoms with Gasteiger partial charge in [-0.1, -0.05) is 28.1 Å². The molecule has 2 aromatic rings. The summed E-state index contributed by atoms with van der Waals surface area (Å²) in [4.78, 5) is 0. The molecule has 94 valence electrons. The van der Waals surface area contributed by atoms with Crippen LogP contribution in [0, 0.1) is 17.5 Å². The van der Waals surface area contributed by atoms with Gasteiger partial charge >= 0.3 is 0 Å². The lowest BCUT2D eigenvalue weighted by atomic mass is 10.0. The zero-order valence-electron chi connectivity index (χ0n) is 9.00. The Bertz CT molecular complexity index is 546. The molecule has 0 amide bonds. The predicted octanol–water partition coefficient (Wildman–Crippen LogP) is 3.95. The third-order valence-electron chi connectivity index (χ3n) is 2.51. The lowest BCUT2D eigenvalue weighted by Gasteiger charge is -2.12. The van der Waals surface area contributed by atoms with Crippen molar-refractivity contribution in [1.82, 2.24) is 0 Å². The molecule has 0 aliphatic carbocycles. The van der Waals surface area contributed by atoms with E-state index in [9.17, 15) is 18.3 Å². The van der Waals surface area contributed by atoms with Gasteiger partial charge in [-0.15, -0.1) is 0 Å². The molecule has 5 heteroatoms. The van der Waals surface area contributed by atoms with E-state index in [0.29, 0.717) is 5.56 Å². The Hall–Kier alpha value is -1.33. The Balaban J connectivity index is 2.39. The molecule has 0 saturated heterocycles. The molecule has 0 bridgehead atoms. The SMILES string of the molecule is O[C@H](c1ccc(Br)cc1)c1cc(F)c(F)c(F)c1. The molecule has 0 aromatic heterocycles. The molecule has 1 N–H and O–H groups in total. The minimum Gasteiger partial charge on any atom is -0.384 e. The van der Waals surface area contributed by atoms with Crippen molar-refractivity contribution < 1.29 is 18.3 Å². The maximum Gasteiger partial charge on any atom is 0.194 e. The highest BCUT2D eigenvalue weighted by molar-refractivity contribution is 9.10. The van der Waals surface area contributed by atoms with E-state index in [2.05, 4.69) is 15.9 Å². The fourth-order valence-corrected chi connectivity index (χ4v) is 1.83. The maximum atomic E-state index is 13.0. The summed E-state index contributed by atoms with van der Waals surface area (Å²) in [5.74, 6) is -4.18. The largest absolute Gasteiger partial charge is 0.384 e. The Labute approximate surface area is 110 Å². The van der Waals surface area contributed by atoms with E-state index in [1.807, 2.05) is 0 Å². The van der Waals surface area contributed by atoms with Crippen LogP contribution in [0.2, 0.25) is 0 Å². The van der Waals surface area contributed by atoms with Crippen molar-refractivity contribution in [3.63, 3.8) is 0 Å². The van der Waals surface area contributed by atoms with E-state index in [4.69, 9.17) is 0 Å². The molecular weight excluding hydrogens is 309 g/mol. The van der Waals surface area contributed by atoms with Crippen molar-refractivity contribution in [3.8, 4) is 0 Å². The summed E-state index contributed by atoms with van der Waals surface area (Å²) in [6, 6.07) is 8.15. The van der Waals surface area contributed by atoms with Crippen LogP contribution < -0.4 is 0 Å². The first kappa shape index (κ1) is 13.1. The highest BCUT2D eigenvalue weighted by Crippen LogP contribution is 2.25. The fourth-order valence-electron chi connectivity index (χ4n) is 1.57. The normalized spacial score (nSPS) is 12.5. The quantitative estimate of drug-likeness (QED) is 0.832. The van der Waals surface area contributed by atoms with Crippen LogP contribution in [0.4, 0.5) is 13.2 Å². The first-order valence-corrected chi connectivity index (χ1v) is 5.86. The number of benzene rings is 2. The number of hydrogen-bond donors (Lipinski definition) is 1. The molecule has 0 unspecified atom stereocenters. The Morgan fingerprint density at radius 1 is 0.889 bits per heavy atom. The van der Waals surface area contributed by atoms with Crippen LogP contribution in [0.3, 0.4) is 0 Å². The van der Waals surface area contributed by atoms with Gasteiger partial charge in [0, 0.05) is 4.47 Å². The first-order chi connectivity index (χ1) is 8.49. The summed E-state index contributed by atoms with van der Waals surface area (Å²) in [5, 5.41) is 9.95. The Kier molecular flexibility index (Phi) is 3.73. The van der Waals surface area contributed by atoms with E-state index < -0.39 is 23.6 Å². The van der Waals surface area contributed by atoms with Crippen molar-refractivity contribution in [2.24, 2.45) is 0 Å². The summed E-state index contributed by atoms with van der Waals surface area (Å²) in [6.07, 6.45) is -1.21. The van der Waals surface area contributed by atoms with Gasteiger partial charge in [-0.25, -0.2) is 13.2 Å². The summed E-state index contributed by atoms with van der Waals surface area (Å²) < 4.78 is 39.7. The van der Waals surface area contributed by atoms with Gasteiger partial charge in [0.15, 0.2) is 17.5 Å². The molecule has 0 aliphatic heterocycles. The van der Waals surface area contributed by atoms with Crippen molar-refractivity contribution in [2.75, 3.05) is 0 Å². The highest BCUT2D eigenvalue weighted by atomic mass is 79.9. The summed E-state index contributed by atoms with van der Waals surface area (Å²) in [6.45, 7) is 0. The highest BCUT2D eigenvalue weighted by Gasteiger charge is 2.16. The summed E-state index contributed by atoms with van der Waals surface area (Å²) in [7, 11) is 0. The van der Waals surface area contributed by atoms with Gasteiger partial charge in [0.1, 0.15) is 6.10 Å². The van der Waals surface area contributed by atoms with Crippen LogP contribution >= 0.6 is 15.9 Å². The van der Waals surface area contributed by atoms with Gasteiger partial charge in [-0.05, 0) is 35.4 Å². The van der Waals surface area contributed by atoms with Crippen LogP contribution in [-0.2, 0) is 0 Å². The van der Waals surface area contributed by atoms with Crippen LogP contribution in [0.1, 0.15) is 17.2 Å². The van der Waals surface area contributed by atoms with Crippen molar-refractivity contribution in [1.29, 1.82) is 0 Å². The lowest BCUT2D eigenvalue weighted by Crippen LogP contribution is -2.03. The minimum absolute atomic E-state index is 0.0336. The Morgan fingerprint density at radius 2 is 1.39 bits per heavy atom. The van der Waals surface area contributed by atoms with E-state index >= 15 is 0 Å². The third kappa shape index (κ3) is 2.57. The van der Waals surface area contributed by atoms with E-state index in [0.717, 1.165) is 16.6 Å². The Morgan fingerprint density at radius 3 is 1.89 bits per heavy atom. The molecule has 0 heterocycles. The smallest absolute Gasteiger partial charge is 0.194 e. The van der Waals surface area contributed by atoms with Crippen molar-refractivity contribution in [2.45, 2.75) is 6.10 Å². The van der Waals surface area contributed by atoms with Gasteiger partial charge in [0.25, 0.3) is 0 Å². The first-order valence-electron chi connectivity index (χ1n) is 5.07. The number of aliphatic hydroxyl groups excluding tert-OH is 1. The molecule has 0 fully saturated rings. The van der Waals surface area contributed by atoms with E-state index in [1.54, 1.807) is 24.3 Å². The van der Waals surface area contributed by atoms with Crippen molar-refractivity contribution in [3.05, 3.63) is 69.4 Å². The molecule has 0 radical (unpaired) electrons. The van der Waals surface area contributed by atoms with Crippen LogP contribution in [0.15, 0.2) is 40.9 Å². The number of halogens is 4. The standard InChI is InChI=1S/C13H8BrF3O/c14-9-3-1-7(2-4-9)13(18)8-5-10(15)12(17)11(16)6-8/h1-6,13,18H/t13-/m1/s1. The molecule has 2 rings (SSSR count). The van der Waals surface area contributed by atoms with Crippen molar-refractivity contribution >= 4 is 15.9 Å². The molecule has 0 spiro atoms. The van der Waals surface area contributed by atoms with E-state index in [1.165, 1.54) is 0 Å². The van der Waals surface area contributed by atoms with Crippen LogP contribution in [0.5, 0.6) is 0 Å². The zero-order valence-corrected chi connectivity index (χ0v) is 10.6. The minimum atomic E-state index is -1.54. The number of aliphatic hydroxyl groups is 1. The second-order valence-corrected chi connectivity index (χ2v) is 4.67. The average molecular weight is 317 g/mol. The van der Waals surface area contributed by atoms with E-state index in [-0.39, 0.29) is 5.56 Å². The average Bonchev–Trinajstić information content (AvgIpc) is 2.35. The van der Waals surface area contributed by atoms with Gasteiger partial charge in [0.05, 0.1) is 0 Å². The van der Waals surface area contributed by atoms with Gasteiger partial charge in [-0.2, -0.15) is 0 Å². The predicted molar refractivity (Wildman–Crippen MR) is 64.5 cm³/mol.